The van der Waals surface area contributed by atoms with Crippen molar-refractivity contribution in [3.8, 4) is 5.75 Å². The van der Waals surface area contributed by atoms with E-state index in [1.165, 1.54) is 5.56 Å². The molecule has 1 aromatic rings. The van der Waals surface area contributed by atoms with Crippen molar-refractivity contribution < 1.29 is 10.2 Å². The minimum Gasteiger partial charge on any atom is -0.508 e. The molecule has 0 radical (unpaired) electrons. The molecule has 3 N–H and O–H groups in total. The molecule has 2 atom stereocenters. The van der Waals surface area contributed by atoms with Crippen molar-refractivity contribution in [1.29, 1.82) is 0 Å². The molecular weight excluding hydrogens is 202 g/mol. The molecule has 0 aliphatic carbocycles. The number of aliphatic hydroxyl groups excluding tert-OH is 1. The summed E-state index contributed by atoms with van der Waals surface area (Å²) in [5, 5.41) is 21.8. The summed E-state index contributed by atoms with van der Waals surface area (Å²) in [5.41, 5.74) is 1.18. The Kier molecular flexibility index (Phi) is 5.29. The molecule has 90 valence electrons. The molecule has 0 spiro atoms. The predicted octanol–water partition coefficient (Wildman–Crippen LogP) is 1.68. The fraction of sp³-hybridized carbons (Fsp3) is 0.538. The smallest absolute Gasteiger partial charge is 0.115 e. The summed E-state index contributed by atoms with van der Waals surface area (Å²) < 4.78 is 0. The quantitative estimate of drug-likeness (QED) is 0.688. The summed E-state index contributed by atoms with van der Waals surface area (Å²) in [5.74, 6) is 0.297. The highest BCUT2D eigenvalue weighted by molar-refractivity contribution is 5.26. The molecule has 0 amide bonds. The normalized spacial score (nSPS) is 14.7. The lowest BCUT2D eigenvalue weighted by Gasteiger charge is -2.16. The van der Waals surface area contributed by atoms with E-state index >= 15 is 0 Å². The first-order valence-corrected chi connectivity index (χ1v) is 5.81. The molecule has 0 aliphatic heterocycles. The molecule has 0 aliphatic rings. The SMILES string of the molecule is CCC(O)CNC(C)Cc1ccc(O)cc1. The fourth-order valence-corrected chi connectivity index (χ4v) is 1.54. The summed E-state index contributed by atoms with van der Waals surface area (Å²) in [4.78, 5) is 0. The summed E-state index contributed by atoms with van der Waals surface area (Å²) in [6.45, 7) is 4.70. The van der Waals surface area contributed by atoms with Gasteiger partial charge in [-0.1, -0.05) is 19.1 Å². The van der Waals surface area contributed by atoms with Gasteiger partial charge >= 0.3 is 0 Å². The van der Waals surface area contributed by atoms with Crippen LogP contribution in [0.15, 0.2) is 24.3 Å². The highest BCUT2D eigenvalue weighted by Gasteiger charge is 2.06. The highest BCUT2D eigenvalue weighted by atomic mass is 16.3. The topological polar surface area (TPSA) is 52.5 Å². The van der Waals surface area contributed by atoms with Gasteiger partial charge in [-0.3, -0.25) is 0 Å². The van der Waals surface area contributed by atoms with Crippen LogP contribution in [-0.2, 0) is 6.42 Å². The van der Waals surface area contributed by atoms with Gasteiger partial charge in [-0.25, -0.2) is 0 Å². The number of phenols is 1. The Morgan fingerprint density at radius 1 is 1.25 bits per heavy atom. The second-order valence-corrected chi connectivity index (χ2v) is 4.24. The monoisotopic (exact) mass is 223 g/mol. The van der Waals surface area contributed by atoms with E-state index in [-0.39, 0.29) is 6.10 Å². The van der Waals surface area contributed by atoms with Gasteiger partial charge in [-0.15, -0.1) is 0 Å². The molecule has 3 nitrogen and oxygen atoms in total. The average Bonchev–Trinajstić information content (AvgIpc) is 2.29. The number of rotatable bonds is 6. The second-order valence-electron chi connectivity index (χ2n) is 4.24. The Bertz CT molecular complexity index is 297. The van der Waals surface area contributed by atoms with Crippen molar-refractivity contribution in [2.75, 3.05) is 6.54 Å². The molecule has 0 fully saturated rings. The van der Waals surface area contributed by atoms with Gasteiger partial charge in [0.2, 0.25) is 0 Å². The van der Waals surface area contributed by atoms with Crippen molar-refractivity contribution in [3.63, 3.8) is 0 Å². The van der Waals surface area contributed by atoms with Gasteiger partial charge in [-0.05, 0) is 37.5 Å². The van der Waals surface area contributed by atoms with Gasteiger partial charge in [-0.2, -0.15) is 0 Å². The van der Waals surface area contributed by atoms with E-state index in [1.807, 2.05) is 19.1 Å². The van der Waals surface area contributed by atoms with Crippen LogP contribution < -0.4 is 5.32 Å². The first kappa shape index (κ1) is 13.0. The van der Waals surface area contributed by atoms with Crippen molar-refractivity contribution >= 4 is 0 Å². The third-order valence-corrected chi connectivity index (χ3v) is 2.65. The van der Waals surface area contributed by atoms with Crippen LogP contribution >= 0.6 is 0 Å². The fourth-order valence-electron chi connectivity index (χ4n) is 1.54. The van der Waals surface area contributed by atoms with Gasteiger partial charge in [0.25, 0.3) is 0 Å². The van der Waals surface area contributed by atoms with Gasteiger partial charge in [0.1, 0.15) is 5.75 Å². The average molecular weight is 223 g/mol. The lowest BCUT2D eigenvalue weighted by Crippen LogP contribution is -2.34. The largest absolute Gasteiger partial charge is 0.508 e. The summed E-state index contributed by atoms with van der Waals surface area (Å²) in [6, 6.07) is 7.56. The van der Waals surface area contributed by atoms with E-state index in [9.17, 15) is 5.11 Å². The third kappa shape index (κ3) is 4.64. The number of benzene rings is 1. The van der Waals surface area contributed by atoms with E-state index in [1.54, 1.807) is 12.1 Å². The molecule has 0 heterocycles. The third-order valence-electron chi connectivity index (χ3n) is 2.65. The van der Waals surface area contributed by atoms with E-state index < -0.39 is 0 Å². The van der Waals surface area contributed by atoms with Crippen LogP contribution in [0.25, 0.3) is 0 Å². The highest BCUT2D eigenvalue weighted by Crippen LogP contribution is 2.11. The van der Waals surface area contributed by atoms with Gasteiger partial charge < -0.3 is 15.5 Å². The van der Waals surface area contributed by atoms with Crippen molar-refractivity contribution in [2.45, 2.75) is 38.8 Å². The summed E-state index contributed by atoms with van der Waals surface area (Å²) >= 11 is 0. The standard InChI is InChI=1S/C13H21NO2/c1-3-12(15)9-14-10(2)8-11-4-6-13(16)7-5-11/h4-7,10,12,14-16H,3,8-9H2,1-2H3. The lowest BCUT2D eigenvalue weighted by molar-refractivity contribution is 0.163. The van der Waals surface area contributed by atoms with E-state index in [2.05, 4.69) is 12.2 Å². The first-order valence-electron chi connectivity index (χ1n) is 5.81. The molecule has 3 heteroatoms. The molecule has 2 unspecified atom stereocenters. The van der Waals surface area contributed by atoms with Crippen LogP contribution in [-0.4, -0.2) is 28.9 Å². The van der Waals surface area contributed by atoms with Crippen LogP contribution in [0.2, 0.25) is 0 Å². The predicted molar refractivity (Wildman–Crippen MR) is 65.6 cm³/mol. The Morgan fingerprint density at radius 3 is 2.44 bits per heavy atom. The Balaban J connectivity index is 2.33. The minimum absolute atomic E-state index is 0.262. The van der Waals surface area contributed by atoms with Gasteiger partial charge in [0.05, 0.1) is 6.10 Å². The van der Waals surface area contributed by atoms with Gasteiger partial charge in [0.15, 0.2) is 0 Å². The Morgan fingerprint density at radius 2 is 1.88 bits per heavy atom. The Hall–Kier alpha value is -1.06. The lowest BCUT2D eigenvalue weighted by atomic mass is 10.1. The van der Waals surface area contributed by atoms with Crippen LogP contribution in [0.4, 0.5) is 0 Å². The maximum atomic E-state index is 9.41. The number of hydrogen-bond acceptors (Lipinski definition) is 3. The Labute approximate surface area is 97.1 Å². The summed E-state index contributed by atoms with van der Waals surface area (Å²) in [6.07, 6.45) is 1.41. The molecular formula is C13H21NO2. The zero-order valence-corrected chi connectivity index (χ0v) is 9.98. The van der Waals surface area contributed by atoms with Crippen LogP contribution in [0.5, 0.6) is 5.75 Å². The van der Waals surface area contributed by atoms with Crippen LogP contribution in [0.1, 0.15) is 25.8 Å². The molecule has 0 aromatic heterocycles. The second kappa shape index (κ2) is 6.51. The van der Waals surface area contributed by atoms with E-state index in [0.29, 0.717) is 18.3 Å². The minimum atomic E-state index is -0.262. The zero-order chi connectivity index (χ0) is 12.0. The van der Waals surface area contributed by atoms with Crippen LogP contribution in [0, 0.1) is 0 Å². The number of aromatic hydroxyl groups is 1. The van der Waals surface area contributed by atoms with Crippen molar-refractivity contribution in [2.24, 2.45) is 0 Å². The number of hydrogen-bond donors (Lipinski definition) is 3. The molecule has 16 heavy (non-hydrogen) atoms. The van der Waals surface area contributed by atoms with E-state index in [4.69, 9.17) is 5.11 Å². The summed E-state index contributed by atoms with van der Waals surface area (Å²) in [7, 11) is 0. The zero-order valence-electron chi connectivity index (χ0n) is 9.98. The molecule has 0 saturated carbocycles. The maximum absolute atomic E-state index is 9.41. The molecule has 1 rings (SSSR count). The molecule has 0 bridgehead atoms. The van der Waals surface area contributed by atoms with Crippen molar-refractivity contribution in [1.82, 2.24) is 5.32 Å². The van der Waals surface area contributed by atoms with Crippen LogP contribution in [0.3, 0.4) is 0 Å². The molecule has 0 saturated heterocycles. The van der Waals surface area contributed by atoms with Gasteiger partial charge in [0, 0.05) is 12.6 Å². The van der Waals surface area contributed by atoms with Crippen molar-refractivity contribution in [3.05, 3.63) is 29.8 Å². The first-order chi connectivity index (χ1) is 7.61. The number of phenolic OH excluding ortho intramolecular Hbond substituents is 1. The maximum Gasteiger partial charge on any atom is 0.115 e. The molecule has 1 aromatic carbocycles. The number of aliphatic hydroxyl groups is 1. The van der Waals surface area contributed by atoms with E-state index in [0.717, 1.165) is 12.8 Å². The number of nitrogens with one attached hydrogen (secondary N) is 1.